The molecule has 2 heterocycles. The van der Waals surface area contributed by atoms with E-state index in [0.717, 1.165) is 41.9 Å². The molecule has 1 aliphatic carbocycles. The molecule has 2 aromatic heterocycles. The summed E-state index contributed by atoms with van der Waals surface area (Å²) in [6, 6.07) is 8.11. The molecule has 1 aromatic carbocycles. The number of imidazole rings is 1. The first-order chi connectivity index (χ1) is 13.5. The van der Waals surface area contributed by atoms with Crippen LogP contribution < -0.4 is 11.1 Å². The first-order valence-electron chi connectivity index (χ1n) is 10.0. The van der Waals surface area contributed by atoms with Crippen molar-refractivity contribution < 1.29 is 0 Å². The molecule has 0 bridgehead atoms. The predicted molar refractivity (Wildman–Crippen MR) is 114 cm³/mol. The summed E-state index contributed by atoms with van der Waals surface area (Å²) in [6.45, 7) is 4.26. The first-order valence-corrected chi connectivity index (χ1v) is 10.4. The maximum absolute atomic E-state index is 6.37. The summed E-state index contributed by atoms with van der Waals surface area (Å²) in [5, 5.41) is 4.06. The number of hydrogen-bond acceptors (Lipinski definition) is 5. The highest BCUT2D eigenvalue weighted by atomic mass is 35.5. The number of halogens is 1. The molecule has 3 aromatic rings. The molecular weight excluding hydrogens is 372 g/mol. The van der Waals surface area contributed by atoms with E-state index < -0.39 is 0 Å². The van der Waals surface area contributed by atoms with Gasteiger partial charge in [-0.2, -0.15) is 0 Å². The zero-order valence-electron chi connectivity index (χ0n) is 16.4. The molecule has 28 heavy (non-hydrogen) atoms. The van der Waals surface area contributed by atoms with Crippen LogP contribution in [0.3, 0.4) is 0 Å². The minimum atomic E-state index is 0.229. The molecule has 7 heteroatoms. The number of fused-ring (bicyclic) bond motifs is 1. The molecule has 2 atom stereocenters. The van der Waals surface area contributed by atoms with E-state index in [1.807, 2.05) is 30.6 Å². The summed E-state index contributed by atoms with van der Waals surface area (Å²) in [5.41, 5.74) is 8.88. The van der Waals surface area contributed by atoms with Crippen LogP contribution in [0.1, 0.15) is 51.4 Å². The highest BCUT2D eigenvalue weighted by Crippen LogP contribution is 2.29. The van der Waals surface area contributed by atoms with E-state index in [9.17, 15) is 0 Å². The number of nitrogens with one attached hydrogen (secondary N) is 1. The minimum Gasteiger partial charge on any atom is -0.338 e. The molecule has 0 amide bonds. The quantitative estimate of drug-likeness (QED) is 0.641. The van der Waals surface area contributed by atoms with Crippen molar-refractivity contribution in [3.05, 3.63) is 41.4 Å². The van der Waals surface area contributed by atoms with Gasteiger partial charge in [0.05, 0.1) is 6.33 Å². The molecule has 148 valence electrons. The number of hydrogen-bond donors (Lipinski definition) is 2. The summed E-state index contributed by atoms with van der Waals surface area (Å²) >= 11 is 6.14. The van der Waals surface area contributed by atoms with Crippen LogP contribution in [0.5, 0.6) is 0 Å². The van der Waals surface area contributed by atoms with Gasteiger partial charge in [0.2, 0.25) is 0 Å². The summed E-state index contributed by atoms with van der Waals surface area (Å²) in [4.78, 5) is 14.3. The third-order valence-electron chi connectivity index (χ3n) is 5.52. The Morgan fingerprint density at radius 3 is 2.82 bits per heavy atom. The maximum atomic E-state index is 6.37. The Balaban J connectivity index is 1.74. The molecular formula is C21H27ClN6. The second-order valence-corrected chi connectivity index (χ2v) is 8.39. The van der Waals surface area contributed by atoms with Gasteiger partial charge in [-0.1, -0.05) is 30.5 Å². The maximum Gasteiger partial charge on any atom is 0.166 e. The summed E-state index contributed by atoms with van der Waals surface area (Å²) in [7, 11) is 0. The normalized spacial score (nSPS) is 20.0. The molecule has 1 fully saturated rings. The smallest absolute Gasteiger partial charge is 0.166 e. The van der Waals surface area contributed by atoms with E-state index in [1.165, 1.54) is 12.8 Å². The van der Waals surface area contributed by atoms with Gasteiger partial charge in [0, 0.05) is 29.2 Å². The molecule has 4 rings (SSSR count). The monoisotopic (exact) mass is 398 g/mol. The molecule has 0 radical (unpaired) electrons. The lowest BCUT2D eigenvalue weighted by molar-refractivity contribution is 0.302. The van der Waals surface area contributed by atoms with E-state index in [0.29, 0.717) is 16.8 Å². The van der Waals surface area contributed by atoms with E-state index >= 15 is 0 Å². The first kappa shape index (κ1) is 19.2. The Kier molecular flexibility index (Phi) is 5.51. The molecule has 0 aliphatic heterocycles. The van der Waals surface area contributed by atoms with Crippen LogP contribution >= 0.6 is 11.6 Å². The Labute approximate surface area is 170 Å². The SMILES string of the molecule is CC(C)n1cnc2c(Nc3cccc(Cl)c3)nc(C[C@@H]3CCCC[C@H]3N)nc21. The standard InChI is InChI=1S/C21H27ClN6/c1-13(2)28-12-24-19-20(25-16-8-5-7-15(22)11-16)26-18(27-21(19)28)10-14-6-3-4-9-17(14)23/h5,7-8,11-14,17H,3-4,6,9-10,23H2,1-2H3,(H,25,26,27)/t14-,17+/m0/s1. The van der Waals surface area contributed by atoms with Gasteiger partial charge in [0.25, 0.3) is 0 Å². The Hall–Kier alpha value is -2.18. The molecule has 1 aliphatic rings. The van der Waals surface area contributed by atoms with Crippen molar-refractivity contribution in [1.29, 1.82) is 0 Å². The second kappa shape index (κ2) is 8.05. The Morgan fingerprint density at radius 2 is 2.07 bits per heavy atom. The van der Waals surface area contributed by atoms with E-state index in [1.54, 1.807) is 0 Å². The largest absolute Gasteiger partial charge is 0.338 e. The van der Waals surface area contributed by atoms with Gasteiger partial charge in [-0.25, -0.2) is 15.0 Å². The van der Waals surface area contributed by atoms with E-state index in [2.05, 4.69) is 28.7 Å². The third kappa shape index (κ3) is 3.98. The fourth-order valence-corrected chi connectivity index (χ4v) is 4.14. The highest BCUT2D eigenvalue weighted by molar-refractivity contribution is 6.30. The fourth-order valence-electron chi connectivity index (χ4n) is 3.95. The predicted octanol–water partition coefficient (Wildman–Crippen LogP) is 4.86. The van der Waals surface area contributed by atoms with Crippen molar-refractivity contribution in [3.63, 3.8) is 0 Å². The molecule has 0 unspecified atom stereocenters. The van der Waals surface area contributed by atoms with Crippen molar-refractivity contribution in [3.8, 4) is 0 Å². The van der Waals surface area contributed by atoms with Crippen LogP contribution in [0.4, 0.5) is 11.5 Å². The van der Waals surface area contributed by atoms with E-state index in [-0.39, 0.29) is 12.1 Å². The summed E-state index contributed by atoms with van der Waals surface area (Å²) < 4.78 is 2.09. The van der Waals surface area contributed by atoms with Crippen molar-refractivity contribution in [2.24, 2.45) is 11.7 Å². The zero-order chi connectivity index (χ0) is 19.7. The number of benzene rings is 1. The minimum absolute atomic E-state index is 0.229. The van der Waals surface area contributed by atoms with E-state index in [4.69, 9.17) is 27.3 Å². The fraction of sp³-hybridized carbons (Fsp3) is 0.476. The second-order valence-electron chi connectivity index (χ2n) is 7.95. The lowest BCUT2D eigenvalue weighted by Gasteiger charge is -2.28. The number of anilines is 2. The van der Waals surface area contributed by atoms with Crippen LogP contribution in [-0.4, -0.2) is 25.6 Å². The number of nitrogens with zero attached hydrogens (tertiary/aromatic N) is 4. The Bertz CT molecular complexity index is 967. The van der Waals surface area contributed by atoms with Crippen molar-refractivity contribution >= 4 is 34.3 Å². The molecule has 6 nitrogen and oxygen atoms in total. The van der Waals surface area contributed by atoms with Crippen molar-refractivity contribution in [2.45, 2.75) is 58.0 Å². The number of nitrogens with two attached hydrogens (primary N) is 1. The van der Waals surface area contributed by atoms with Gasteiger partial charge < -0.3 is 15.6 Å². The molecule has 3 N–H and O–H groups in total. The highest BCUT2D eigenvalue weighted by Gasteiger charge is 2.24. The average molecular weight is 399 g/mol. The van der Waals surface area contributed by atoms with Gasteiger partial charge >= 0.3 is 0 Å². The topological polar surface area (TPSA) is 81.7 Å². The zero-order valence-corrected chi connectivity index (χ0v) is 17.2. The van der Waals surface area contributed by atoms with Crippen LogP contribution in [0.2, 0.25) is 5.02 Å². The van der Waals surface area contributed by atoms with Crippen molar-refractivity contribution in [2.75, 3.05) is 5.32 Å². The molecule has 0 saturated heterocycles. The molecule has 1 saturated carbocycles. The lowest BCUT2D eigenvalue weighted by atomic mass is 9.83. The lowest BCUT2D eigenvalue weighted by Crippen LogP contribution is -2.34. The van der Waals surface area contributed by atoms with Gasteiger partial charge in [-0.3, -0.25) is 0 Å². The Morgan fingerprint density at radius 1 is 1.25 bits per heavy atom. The average Bonchev–Trinajstić information content (AvgIpc) is 3.08. The van der Waals surface area contributed by atoms with Gasteiger partial charge in [0.1, 0.15) is 5.82 Å². The summed E-state index contributed by atoms with van der Waals surface area (Å²) in [6.07, 6.45) is 7.32. The number of rotatable bonds is 5. The van der Waals surface area contributed by atoms with Gasteiger partial charge in [-0.05, 0) is 50.8 Å². The third-order valence-corrected chi connectivity index (χ3v) is 5.76. The van der Waals surface area contributed by atoms with Crippen LogP contribution in [0.15, 0.2) is 30.6 Å². The van der Waals surface area contributed by atoms with Crippen LogP contribution in [0, 0.1) is 5.92 Å². The van der Waals surface area contributed by atoms with Gasteiger partial charge in [-0.15, -0.1) is 0 Å². The van der Waals surface area contributed by atoms with Gasteiger partial charge in [0.15, 0.2) is 17.0 Å². The number of aromatic nitrogens is 4. The van der Waals surface area contributed by atoms with Crippen LogP contribution in [-0.2, 0) is 6.42 Å². The summed E-state index contributed by atoms with van der Waals surface area (Å²) in [5.74, 6) is 1.97. The van der Waals surface area contributed by atoms with Crippen LogP contribution in [0.25, 0.3) is 11.2 Å². The molecule has 0 spiro atoms. The van der Waals surface area contributed by atoms with Crippen molar-refractivity contribution in [1.82, 2.24) is 19.5 Å².